The summed E-state index contributed by atoms with van der Waals surface area (Å²) in [6.07, 6.45) is 4.83. The Kier molecular flexibility index (Phi) is 3.85. The van der Waals surface area contributed by atoms with E-state index >= 15 is 0 Å². The second-order valence-electron chi connectivity index (χ2n) is 1.39. The average molecular weight is 112 g/mol. The van der Waals surface area contributed by atoms with E-state index < -0.39 is 6.67 Å². The van der Waals surface area contributed by atoms with Crippen LogP contribution in [-0.4, -0.2) is 6.67 Å². The summed E-state index contributed by atoms with van der Waals surface area (Å²) in [4.78, 5) is 0. The number of allylic oxidation sites excluding steroid dienone is 4. The van der Waals surface area contributed by atoms with Crippen molar-refractivity contribution in [1.29, 1.82) is 0 Å². The van der Waals surface area contributed by atoms with Crippen LogP contribution in [0.1, 0.15) is 0 Å². The monoisotopic (exact) mass is 112 g/mol. The van der Waals surface area contributed by atoms with Gasteiger partial charge in [-0.2, -0.15) is 0 Å². The lowest BCUT2D eigenvalue weighted by Crippen LogP contribution is -1.73. The fraction of sp³-hybridized carbons (Fsp3) is 0.143. The molecule has 0 aromatic heterocycles. The molecular formula is C7H9F. The van der Waals surface area contributed by atoms with E-state index in [4.69, 9.17) is 0 Å². The summed E-state index contributed by atoms with van der Waals surface area (Å²) >= 11 is 0. The molecule has 0 spiro atoms. The van der Waals surface area contributed by atoms with Gasteiger partial charge in [0.2, 0.25) is 0 Å². The zero-order valence-corrected chi connectivity index (χ0v) is 4.73. The van der Waals surface area contributed by atoms with E-state index in [1.54, 1.807) is 18.2 Å². The van der Waals surface area contributed by atoms with Gasteiger partial charge >= 0.3 is 0 Å². The molecule has 0 heterocycles. The Labute approximate surface area is 49.0 Å². The predicted molar refractivity (Wildman–Crippen MR) is 34.5 cm³/mol. The molecule has 0 aliphatic carbocycles. The van der Waals surface area contributed by atoms with Crippen molar-refractivity contribution in [3.05, 3.63) is 37.0 Å². The molecule has 0 nitrogen and oxygen atoms in total. The molecule has 0 aliphatic heterocycles. The zero-order chi connectivity index (χ0) is 6.41. The lowest BCUT2D eigenvalue weighted by atomic mass is 10.3. The summed E-state index contributed by atoms with van der Waals surface area (Å²) in [6.45, 7) is 6.34. The van der Waals surface area contributed by atoms with E-state index in [0.29, 0.717) is 5.57 Å². The van der Waals surface area contributed by atoms with Gasteiger partial charge in [-0.3, -0.25) is 0 Å². The van der Waals surface area contributed by atoms with Crippen LogP contribution in [0.3, 0.4) is 0 Å². The Bertz CT molecular complexity index is 112. The highest BCUT2D eigenvalue weighted by Gasteiger charge is 1.79. The van der Waals surface area contributed by atoms with Gasteiger partial charge in [-0.25, -0.2) is 4.39 Å². The molecule has 0 aliphatic rings. The Balaban J connectivity index is 3.52. The highest BCUT2D eigenvalue weighted by atomic mass is 19.1. The first-order valence-electron chi connectivity index (χ1n) is 2.34. The van der Waals surface area contributed by atoms with Crippen LogP contribution < -0.4 is 0 Å². The first-order chi connectivity index (χ1) is 3.81. The van der Waals surface area contributed by atoms with E-state index in [1.165, 1.54) is 0 Å². The Morgan fingerprint density at radius 1 is 1.62 bits per heavy atom. The third-order valence-corrected chi connectivity index (χ3v) is 0.640. The molecular weight excluding hydrogens is 103 g/mol. The number of hydrogen-bond donors (Lipinski definition) is 0. The van der Waals surface area contributed by atoms with Gasteiger partial charge in [-0.15, -0.1) is 0 Å². The first kappa shape index (κ1) is 7.15. The van der Waals surface area contributed by atoms with E-state index in [9.17, 15) is 4.39 Å². The standard InChI is InChI=1S/C7H9F/c1-3-4-5-7(2)6-8/h3-5H,1-2,6H2/b5-4-. The molecule has 44 valence electrons. The van der Waals surface area contributed by atoms with Gasteiger partial charge in [0, 0.05) is 0 Å². The Morgan fingerprint density at radius 2 is 2.25 bits per heavy atom. The molecule has 0 fully saturated rings. The largest absolute Gasteiger partial charge is 0.246 e. The molecule has 0 amide bonds. The van der Waals surface area contributed by atoms with Gasteiger partial charge in [0.05, 0.1) is 0 Å². The number of hydrogen-bond acceptors (Lipinski definition) is 0. The van der Waals surface area contributed by atoms with Crippen molar-refractivity contribution in [2.24, 2.45) is 0 Å². The summed E-state index contributed by atoms with van der Waals surface area (Å²) in [6, 6.07) is 0. The molecule has 0 aromatic rings. The van der Waals surface area contributed by atoms with Gasteiger partial charge in [0.15, 0.2) is 0 Å². The smallest absolute Gasteiger partial charge is 0.114 e. The lowest BCUT2D eigenvalue weighted by Gasteiger charge is -1.83. The summed E-state index contributed by atoms with van der Waals surface area (Å²) in [7, 11) is 0. The second kappa shape index (κ2) is 4.31. The molecule has 1 heteroatoms. The maximum absolute atomic E-state index is 11.5. The summed E-state index contributed by atoms with van der Waals surface area (Å²) in [5, 5.41) is 0. The van der Waals surface area contributed by atoms with Crippen molar-refractivity contribution in [2.45, 2.75) is 0 Å². The van der Waals surface area contributed by atoms with Crippen LogP contribution in [0.5, 0.6) is 0 Å². The van der Waals surface area contributed by atoms with Crippen LogP contribution in [0.2, 0.25) is 0 Å². The van der Waals surface area contributed by atoms with Gasteiger partial charge in [-0.05, 0) is 5.57 Å². The van der Waals surface area contributed by atoms with Crippen molar-refractivity contribution in [1.82, 2.24) is 0 Å². The summed E-state index contributed by atoms with van der Waals surface area (Å²) in [5.41, 5.74) is 0.477. The Morgan fingerprint density at radius 3 is 2.62 bits per heavy atom. The van der Waals surface area contributed by atoms with E-state index in [1.807, 2.05) is 0 Å². The fourth-order valence-electron chi connectivity index (χ4n) is 0.249. The molecule has 0 radical (unpaired) electrons. The third-order valence-electron chi connectivity index (χ3n) is 0.640. The van der Waals surface area contributed by atoms with Gasteiger partial charge in [0.25, 0.3) is 0 Å². The molecule has 0 saturated heterocycles. The van der Waals surface area contributed by atoms with Crippen LogP contribution in [0.15, 0.2) is 37.0 Å². The van der Waals surface area contributed by atoms with Crippen LogP contribution in [0.4, 0.5) is 4.39 Å². The van der Waals surface area contributed by atoms with E-state index in [2.05, 4.69) is 13.2 Å². The normalized spacial score (nSPS) is 9.62. The molecule has 0 saturated carbocycles. The zero-order valence-electron chi connectivity index (χ0n) is 4.73. The van der Waals surface area contributed by atoms with Crippen LogP contribution in [-0.2, 0) is 0 Å². The molecule has 0 aromatic carbocycles. The average Bonchev–Trinajstić information content (AvgIpc) is 1.83. The summed E-state index contributed by atoms with van der Waals surface area (Å²) in [5.74, 6) is 0. The molecule has 0 rings (SSSR count). The highest BCUT2D eigenvalue weighted by molar-refractivity contribution is 5.17. The molecule has 0 N–H and O–H groups in total. The van der Waals surface area contributed by atoms with Crippen LogP contribution in [0, 0.1) is 0 Å². The maximum Gasteiger partial charge on any atom is 0.114 e. The minimum absolute atomic E-state index is 0.477. The van der Waals surface area contributed by atoms with Crippen LogP contribution >= 0.6 is 0 Å². The van der Waals surface area contributed by atoms with Crippen molar-refractivity contribution in [2.75, 3.05) is 6.67 Å². The van der Waals surface area contributed by atoms with Crippen molar-refractivity contribution >= 4 is 0 Å². The van der Waals surface area contributed by atoms with Gasteiger partial charge in [0.1, 0.15) is 6.67 Å². The van der Waals surface area contributed by atoms with Gasteiger partial charge < -0.3 is 0 Å². The van der Waals surface area contributed by atoms with Crippen molar-refractivity contribution in [3.63, 3.8) is 0 Å². The van der Waals surface area contributed by atoms with Crippen molar-refractivity contribution in [3.8, 4) is 0 Å². The fourth-order valence-corrected chi connectivity index (χ4v) is 0.249. The van der Waals surface area contributed by atoms with Crippen molar-refractivity contribution < 1.29 is 4.39 Å². The number of rotatable bonds is 3. The van der Waals surface area contributed by atoms with E-state index in [-0.39, 0.29) is 0 Å². The van der Waals surface area contributed by atoms with Crippen LogP contribution in [0.25, 0.3) is 0 Å². The molecule has 0 bridgehead atoms. The third kappa shape index (κ3) is 3.34. The second-order valence-corrected chi connectivity index (χ2v) is 1.39. The molecule has 0 unspecified atom stereocenters. The predicted octanol–water partition coefficient (Wildman–Crippen LogP) is 2.25. The highest BCUT2D eigenvalue weighted by Crippen LogP contribution is 1.91. The quantitative estimate of drug-likeness (QED) is 0.491. The Hall–Kier alpha value is -0.850. The minimum Gasteiger partial charge on any atom is -0.246 e. The number of alkyl halides is 1. The molecule has 0 atom stereocenters. The first-order valence-corrected chi connectivity index (χ1v) is 2.34. The number of halogens is 1. The minimum atomic E-state index is -0.482. The summed E-state index contributed by atoms with van der Waals surface area (Å²) < 4.78 is 11.5. The maximum atomic E-state index is 11.5. The molecule has 8 heavy (non-hydrogen) atoms. The van der Waals surface area contributed by atoms with E-state index in [0.717, 1.165) is 0 Å². The topological polar surface area (TPSA) is 0 Å². The lowest BCUT2D eigenvalue weighted by molar-refractivity contribution is 0.550. The van der Waals surface area contributed by atoms with Gasteiger partial charge in [-0.1, -0.05) is 31.4 Å². The SMILES string of the molecule is C=C/C=C\C(=C)CF.